The third-order valence-electron chi connectivity index (χ3n) is 2.99. The minimum Gasteiger partial charge on any atom is -0.459 e. The van der Waals surface area contributed by atoms with Crippen molar-refractivity contribution in [3.63, 3.8) is 0 Å². The zero-order valence-corrected chi connectivity index (χ0v) is 15.4. The Hall–Kier alpha value is -1.44. The van der Waals surface area contributed by atoms with Gasteiger partial charge in [-0.3, -0.25) is 25.0 Å². The monoisotopic (exact) mass is 383 g/mol. The standard InChI is InChI=1S/C16H22BrN3O3/c1-16(2,3)22-15(21)10-20(4)9-12-7-14(19-23-12)13-6-5-11(17)8-18-13/h5-8,12,19H,9-10H2,1-4H3/t12-/m0/s1. The zero-order chi connectivity index (χ0) is 17.0. The Morgan fingerprint density at radius 3 is 2.83 bits per heavy atom. The zero-order valence-electron chi connectivity index (χ0n) is 13.8. The van der Waals surface area contributed by atoms with Gasteiger partial charge in [-0.05, 0) is 62.0 Å². The molecule has 1 aliphatic heterocycles. The molecule has 0 aromatic carbocycles. The summed E-state index contributed by atoms with van der Waals surface area (Å²) in [6, 6.07) is 3.83. The largest absolute Gasteiger partial charge is 0.459 e. The van der Waals surface area contributed by atoms with Gasteiger partial charge in [0, 0.05) is 17.2 Å². The van der Waals surface area contributed by atoms with Crippen LogP contribution >= 0.6 is 15.9 Å². The van der Waals surface area contributed by atoms with Crippen LogP contribution in [0.5, 0.6) is 0 Å². The molecule has 0 bridgehead atoms. The van der Waals surface area contributed by atoms with Crippen LogP contribution in [0, 0.1) is 0 Å². The number of pyridine rings is 1. The first kappa shape index (κ1) is 17.9. The summed E-state index contributed by atoms with van der Waals surface area (Å²) in [5.41, 5.74) is 4.05. The van der Waals surface area contributed by atoms with Crippen molar-refractivity contribution >= 4 is 27.6 Å². The van der Waals surface area contributed by atoms with Gasteiger partial charge in [0.15, 0.2) is 0 Å². The number of nitrogens with one attached hydrogen (secondary N) is 1. The van der Waals surface area contributed by atoms with E-state index in [2.05, 4.69) is 26.4 Å². The highest BCUT2D eigenvalue weighted by molar-refractivity contribution is 9.10. The summed E-state index contributed by atoms with van der Waals surface area (Å²) < 4.78 is 6.23. The molecule has 1 atom stereocenters. The van der Waals surface area contributed by atoms with Crippen molar-refractivity contribution in [2.24, 2.45) is 0 Å². The summed E-state index contributed by atoms with van der Waals surface area (Å²) >= 11 is 3.36. The molecule has 7 heteroatoms. The van der Waals surface area contributed by atoms with Crippen molar-refractivity contribution in [3.8, 4) is 0 Å². The second-order valence-electron chi connectivity index (χ2n) is 6.48. The Morgan fingerprint density at radius 2 is 2.22 bits per heavy atom. The Bertz CT molecular complexity index is 581. The number of halogens is 1. The van der Waals surface area contributed by atoms with Gasteiger partial charge in [-0.2, -0.15) is 0 Å². The fourth-order valence-electron chi connectivity index (χ4n) is 2.12. The number of aromatic nitrogens is 1. The van der Waals surface area contributed by atoms with Crippen molar-refractivity contribution in [3.05, 3.63) is 34.6 Å². The van der Waals surface area contributed by atoms with Crippen molar-refractivity contribution in [1.82, 2.24) is 15.4 Å². The molecule has 6 nitrogen and oxygen atoms in total. The van der Waals surface area contributed by atoms with E-state index in [-0.39, 0.29) is 18.6 Å². The quantitative estimate of drug-likeness (QED) is 0.787. The number of nitrogens with zero attached hydrogens (tertiary/aromatic N) is 2. The molecule has 2 heterocycles. The Balaban J connectivity index is 1.86. The van der Waals surface area contributed by atoms with Gasteiger partial charge < -0.3 is 4.74 Å². The molecule has 0 aliphatic carbocycles. The minimum absolute atomic E-state index is 0.150. The lowest BCUT2D eigenvalue weighted by molar-refractivity contribution is -0.156. The highest BCUT2D eigenvalue weighted by atomic mass is 79.9. The van der Waals surface area contributed by atoms with Crippen LogP contribution in [0.2, 0.25) is 0 Å². The van der Waals surface area contributed by atoms with E-state index in [4.69, 9.17) is 9.57 Å². The van der Waals surface area contributed by atoms with Crippen LogP contribution in [0.4, 0.5) is 0 Å². The van der Waals surface area contributed by atoms with Gasteiger partial charge in [-0.15, -0.1) is 0 Å². The second-order valence-corrected chi connectivity index (χ2v) is 7.40. The molecule has 23 heavy (non-hydrogen) atoms. The number of likely N-dealkylation sites (N-methyl/N-ethyl adjacent to an activating group) is 1. The first-order valence-corrected chi connectivity index (χ1v) is 8.18. The van der Waals surface area contributed by atoms with Crippen LogP contribution in [0.1, 0.15) is 26.5 Å². The molecular weight excluding hydrogens is 362 g/mol. The van der Waals surface area contributed by atoms with Gasteiger partial charge in [0.1, 0.15) is 11.7 Å². The van der Waals surface area contributed by atoms with Crippen LogP contribution in [0.3, 0.4) is 0 Å². The van der Waals surface area contributed by atoms with E-state index >= 15 is 0 Å². The number of hydrogen-bond acceptors (Lipinski definition) is 6. The molecule has 1 aliphatic rings. The lowest BCUT2D eigenvalue weighted by atomic mass is 10.2. The van der Waals surface area contributed by atoms with Crippen molar-refractivity contribution in [2.45, 2.75) is 32.5 Å². The van der Waals surface area contributed by atoms with E-state index in [1.54, 1.807) is 6.20 Å². The molecule has 0 amide bonds. The minimum atomic E-state index is -0.469. The summed E-state index contributed by atoms with van der Waals surface area (Å²) in [6.07, 6.45) is 3.55. The number of rotatable bonds is 5. The first-order chi connectivity index (χ1) is 10.7. The molecule has 1 aromatic rings. The molecule has 2 rings (SSSR count). The van der Waals surface area contributed by atoms with Gasteiger partial charge in [0.05, 0.1) is 17.9 Å². The maximum absolute atomic E-state index is 11.8. The van der Waals surface area contributed by atoms with Gasteiger partial charge >= 0.3 is 5.97 Å². The number of esters is 1. The maximum atomic E-state index is 11.8. The van der Waals surface area contributed by atoms with E-state index in [1.807, 2.05) is 50.9 Å². The lowest BCUT2D eigenvalue weighted by Crippen LogP contribution is -2.36. The molecule has 1 aromatic heterocycles. The van der Waals surface area contributed by atoms with Crippen LogP contribution in [0.15, 0.2) is 28.9 Å². The topological polar surface area (TPSA) is 63.7 Å². The van der Waals surface area contributed by atoms with Crippen molar-refractivity contribution < 1.29 is 14.4 Å². The summed E-state index contributed by atoms with van der Waals surface area (Å²) in [4.78, 5) is 23.5. The Kier molecular flexibility index (Phi) is 5.78. The third-order valence-corrected chi connectivity index (χ3v) is 3.46. The van der Waals surface area contributed by atoms with Crippen LogP contribution < -0.4 is 5.48 Å². The van der Waals surface area contributed by atoms with E-state index in [0.717, 1.165) is 15.9 Å². The first-order valence-electron chi connectivity index (χ1n) is 7.39. The number of hydrogen-bond donors (Lipinski definition) is 1. The molecule has 126 valence electrons. The van der Waals surface area contributed by atoms with Gasteiger partial charge in [0.2, 0.25) is 0 Å². The predicted molar refractivity (Wildman–Crippen MR) is 91.3 cm³/mol. The van der Waals surface area contributed by atoms with E-state index in [0.29, 0.717) is 6.54 Å². The van der Waals surface area contributed by atoms with Crippen molar-refractivity contribution in [1.29, 1.82) is 0 Å². The lowest BCUT2D eigenvalue weighted by Gasteiger charge is -2.23. The predicted octanol–water partition coefficient (Wildman–Crippen LogP) is 2.36. The molecule has 1 N–H and O–H groups in total. The molecule has 0 saturated heterocycles. The maximum Gasteiger partial charge on any atom is 0.320 e. The third kappa shape index (κ3) is 5.93. The SMILES string of the molecule is CN(CC(=O)OC(C)(C)C)C[C@@H]1C=C(c2ccc(Br)cn2)NO1. The summed E-state index contributed by atoms with van der Waals surface area (Å²) in [5.74, 6) is -0.246. The molecule has 0 radical (unpaired) electrons. The number of carbonyl (C=O) groups excluding carboxylic acids is 1. The summed E-state index contributed by atoms with van der Waals surface area (Å²) in [5, 5.41) is 0. The number of hydroxylamine groups is 1. The normalized spacial score (nSPS) is 17.8. The van der Waals surface area contributed by atoms with Crippen molar-refractivity contribution in [2.75, 3.05) is 20.1 Å². The van der Waals surface area contributed by atoms with Crippen LogP contribution in [-0.4, -0.2) is 47.7 Å². The van der Waals surface area contributed by atoms with E-state index in [1.165, 1.54) is 0 Å². The van der Waals surface area contributed by atoms with Crippen LogP contribution in [0.25, 0.3) is 5.70 Å². The Morgan fingerprint density at radius 1 is 1.48 bits per heavy atom. The fraction of sp³-hybridized carbons (Fsp3) is 0.500. The average Bonchev–Trinajstić information content (AvgIpc) is 2.85. The second kappa shape index (κ2) is 7.42. The average molecular weight is 384 g/mol. The fourth-order valence-corrected chi connectivity index (χ4v) is 2.36. The number of carbonyl (C=O) groups is 1. The Labute approximate surface area is 144 Å². The summed E-state index contributed by atoms with van der Waals surface area (Å²) in [6.45, 7) is 6.36. The molecule has 0 spiro atoms. The molecule has 0 saturated carbocycles. The molecular formula is C16H22BrN3O3. The smallest absolute Gasteiger partial charge is 0.320 e. The van der Waals surface area contributed by atoms with Gasteiger partial charge in [-0.1, -0.05) is 0 Å². The van der Waals surface area contributed by atoms with Crippen LogP contribution in [-0.2, 0) is 14.4 Å². The number of ether oxygens (including phenoxy) is 1. The highest BCUT2D eigenvalue weighted by Gasteiger charge is 2.22. The molecule has 0 unspecified atom stereocenters. The van der Waals surface area contributed by atoms with Gasteiger partial charge in [-0.25, -0.2) is 0 Å². The highest BCUT2D eigenvalue weighted by Crippen LogP contribution is 2.18. The van der Waals surface area contributed by atoms with Gasteiger partial charge in [0.25, 0.3) is 0 Å². The summed E-state index contributed by atoms with van der Waals surface area (Å²) in [7, 11) is 1.86. The van der Waals surface area contributed by atoms with E-state index < -0.39 is 5.60 Å². The molecule has 0 fully saturated rings. The van der Waals surface area contributed by atoms with E-state index in [9.17, 15) is 4.79 Å².